The topological polar surface area (TPSA) is 35.5 Å². The number of benzene rings is 1. The van der Waals surface area contributed by atoms with Gasteiger partial charge in [-0.25, -0.2) is 0 Å². The van der Waals surface area contributed by atoms with Crippen LogP contribution in [0.4, 0.5) is 0 Å². The van der Waals surface area contributed by atoms with Crippen molar-refractivity contribution in [1.29, 1.82) is 0 Å². The van der Waals surface area contributed by atoms with Crippen molar-refractivity contribution in [3.63, 3.8) is 0 Å². The zero-order chi connectivity index (χ0) is 12.0. The molecule has 1 aromatic carbocycles. The van der Waals surface area contributed by atoms with Gasteiger partial charge in [-0.1, -0.05) is 30.3 Å². The van der Waals surface area contributed by atoms with Crippen molar-refractivity contribution in [1.82, 2.24) is 0 Å². The van der Waals surface area contributed by atoms with Gasteiger partial charge in [-0.2, -0.15) is 0 Å². The highest BCUT2D eigenvalue weighted by atomic mass is 16.6. The van der Waals surface area contributed by atoms with E-state index in [1.54, 1.807) is 0 Å². The Hall–Kier alpha value is -1.35. The normalized spacial score (nSPS) is 12.5. The number of ether oxygens (including phenoxy) is 2. The van der Waals surface area contributed by atoms with Crippen LogP contribution in [-0.2, 0) is 14.3 Å². The molecule has 1 aromatic rings. The number of carbonyl (C=O) groups is 1. The summed E-state index contributed by atoms with van der Waals surface area (Å²) in [6.45, 7) is 5.59. The van der Waals surface area contributed by atoms with E-state index in [0.29, 0.717) is 0 Å². The van der Waals surface area contributed by atoms with Crippen LogP contribution in [0.2, 0.25) is 0 Å². The van der Waals surface area contributed by atoms with E-state index in [1.807, 2.05) is 44.2 Å². The van der Waals surface area contributed by atoms with Crippen LogP contribution in [0.15, 0.2) is 30.3 Å². The lowest BCUT2D eigenvalue weighted by atomic mass is 10.1. The van der Waals surface area contributed by atoms with E-state index in [4.69, 9.17) is 9.47 Å². The zero-order valence-corrected chi connectivity index (χ0v) is 9.97. The molecule has 0 aliphatic heterocycles. The standard InChI is InChI=1S/C13H18O3/c1-10(2)16-13(9-15-11(3)14)12-7-5-4-6-8-12/h4-8,10,13H,9H2,1-3H3. The minimum Gasteiger partial charge on any atom is -0.463 e. The Kier molecular flexibility index (Phi) is 4.99. The molecule has 0 heterocycles. The summed E-state index contributed by atoms with van der Waals surface area (Å²) in [5, 5.41) is 0. The summed E-state index contributed by atoms with van der Waals surface area (Å²) >= 11 is 0. The average Bonchev–Trinajstić information content (AvgIpc) is 2.25. The Labute approximate surface area is 96.4 Å². The van der Waals surface area contributed by atoms with E-state index in [9.17, 15) is 4.79 Å². The van der Waals surface area contributed by atoms with E-state index >= 15 is 0 Å². The molecule has 0 bridgehead atoms. The van der Waals surface area contributed by atoms with Crippen LogP contribution in [0.3, 0.4) is 0 Å². The molecule has 0 aliphatic carbocycles. The fraction of sp³-hybridized carbons (Fsp3) is 0.462. The molecule has 88 valence electrons. The minimum atomic E-state index is -0.284. The SMILES string of the molecule is CC(=O)OCC(OC(C)C)c1ccccc1. The third-order valence-corrected chi connectivity index (χ3v) is 2.05. The Morgan fingerprint density at radius 1 is 1.25 bits per heavy atom. The van der Waals surface area contributed by atoms with Gasteiger partial charge in [-0.3, -0.25) is 4.79 Å². The second-order valence-corrected chi connectivity index (χ2v) is 3.89. The van der Waals surface area contributed by atoms with Crippen LogP contribution < -0.4 is 0 Å². The predicted molar refractivity (Wildman–Crippen MR) is 62.0 cm³/mol. The first-order valence-corrected chi connectivity index (χ1v) is 5.43. The first kappa shape index (κ1) is 12.7. The van der Waals surface area contributed by atoms with Gasteiger partial charge >= 0.3 is 5.97 Å². The average molecular weight is 222 g/mol. The molecular formula is C13H18O3. The number of rotatable bonds is 5. The lowest BCUT2D eigenvalue weighted by Gasteiger charge is -2.20. The summed E-state index contributed by atoms with van der Waals surface area (Å²) < 4.78 is 10.7. The van der Waals surface area contributed by atoms with Gasteiger partial charge in [-0.15, -0.1) is 0 Å². The molecule has 0 saturated heterocycles. The van der Waals surface area contributed by atoms with E-state index in [0.717, 1.165) is 5.56 Å². The highest BCUT2D eigenvalue weighted by Crippen LogP contribution is 2.19. The van der Waals surface area contributed by atoms with Crippen LogP contribution in [0.1, 0.15) is 32.4 Å². The molecule has 1 atom stereocenters. The molecule has 0 aliphatic rings. The molecule has 1 unspecified atom stereocenters. The van der Waals surface area contributed by atoms with Gasteiger partial charge in [0.25, 0.3) is 0 Å². The number of carbonyl (C=O) groups excluding carboxylic acids is 1. The maximum atomic E-state index is 10.8. The largest absolute Gasteiger partial charge is 0.463 e. The van der Waals surface area contributed by atoms with Crippen LogP contribution in [0.25, 0.3) is 0 Å². The van der Waals surface area contributed by atoms with Gasteiger partial charge in [0, 0.05) is 6.92 Å². The molecule has 0 spiro atoms. The molecule has 3 nitrogen and oxygen atoms in total. The second kappa shape index (κ2) is 6.28. The minimum absolute atomic E-state index is 0.0979. The van der Waals surface area contributed by atoms with Crippen molar-refractivity contribution < 1.29 is 14.3 Å². The molecule has 0 aromatic heterocycles. The van der Waals surface area contributed by atoms with Gasteiger partial charge in [0.15, 0.2) is 0 Å². The van der Waals surface area contributed by atoms with Crippen molar-refractivity contribution in [3.8, 4) is 0 Å². The Morgan fingerprint density at radius 3 is 2.38 bits per heavy atom. The summed E-state index contributed by atoms with van der Waals surface area (Å²) in [6, 6.07) is 9.77. The first-order chi connectivity index (χ1) is 7.59. The van der Waals surface area contributed by atoms with E-state index in [2.05, 4.69) is 0 Å². The molecule has 3 heteroatoms. The summed E-state index contributed by atoms with van der Waals surface area (Å²) in [7, 11) is 0. The molecule has 0 amide bonds. The van der Waals surface area contributed by atoms with Crippen molar-refractivity contribution in [2.75, 3.05) is 6.61 Å². The maximum absolute atomic E-state index is 10.8. The fourth-order valence-corrected chi connectivity index (χ4v) is 1.40. The van der Waals surface area contributed by atoms with Crippen molar-refractivity contribution >= 4 is 5.97 Å². The van der Waals surface area contributed by atoms with Crippen molar-refractivity contribution in [2.45, 2.75) is 33.0 Å². The Bertz CT molecular complexity index is 319. The van der Waals surface area contributed by atoms with Gasteiger partial charge < -0.3 is 9.47 Å². The molecule has 16 heavy (non-hydrogen) atoms. The van der Waals surface area contributed by atoms with Crippen LogP contribution in [0.5, 0.6) is 0 Å². The first-order valence-electron chi connectivity index (χ1n) is 5.43. The quantitative estimate of drug-likeness (QED) is 0.718. The summed E-state index contributed by atoms with van der Waals surface area (Å²) in [4.78, 5) is 10.8. The van der Waals surface area contributed by atoms with Crippen molar-refractivity contribution in [2.24, 2.45) is 0 Å². The van der Waals surface area contributed by atoms with Gasteiger partial charge in [0.2, 0.25) is 0 Å². The van der Waals surface area contributed by atoms with E-state index in [1.165, 1.54) is 6.92 Å². The maximum Gasteiger partial charge on any atom is 0.302 e. The third kappa shape index (κ3) is 4.45. The lowest BCUT2D eigenvalue weighted by molar-refractivity contribution is -0.146. The molecule has 0 N–H and O–H groups in total. The van der Waals surface area contributed by atoms with E-state index < -0.39 is 0 Å². The van der Waals surface area contributed by atoms with Crippen LogP contribution in [-0.4, -0.2) is 18.7 Å². The summed E-state index contributed by atoms with van der Waals surface area (Å²) in [5.74, 6) is -0.284. The van der Waals surface area contributed by atoms with Crippen molar-refractivity contribution in [3.05, 3.63) is 35.9 Å². The summed E-state index contributed by atoms with van der Waals surface area (Å²) in [5.41, 5.74) is 1.03. The molecule has 0 saturated carbocycles. The molecule has 1 rings (SSSR count). The zero-order valence-electron chi connectivity index (χ0n) is 9.97. The Morgan fingerprint density at radius 2 is 1.88 bits per heavy atom. The molecule has 0 radical (unpaired) electrons. The van der Waals surface area contributed by atoms with Gasteiger partial charge in [0.1, 0.15) is 12.7 Å². The van der Waals surface area contributed by atoms with Gasteiger partial charge in [-0.05, 0) is 19.4 Å². The van der Waals surface area contributed by atoms with E-state index in [-0.39, 0.29) is 24.8 Å². The second-order valence-electron chi connectivity index (χ2n) is 3.89. The van der Waals surface area contributed by atoms with Crippen LogP contribution >= 0.6 is 0 Å². The number of hydrogen-bond donors (Lipinski definition) is 0. The summed E-state index contributed by atoms with van der Waals surface area (Å²) in [6.07, 6.45) is -0.0918. The highest BCUT2D eigenvalue weighted by molar-refractivity contribution is 5.65. The number of hydrogen-bond acceptors (Lipinski definition) is 3. The highest BCUT2D eigenvalue weighted by Gasteiger charge is 2.14. The lowest BCUT2D eigenvalue weighted by Crippen LogP contribution is -2.17. The molecular weight excluding hydrogens is 204 g/mol. The fourth-order valence-electron chi connectivity index (χ4n) is 1.40. The van der Waals surface area contributed by atoms with Gasteiger partial charge in [0.05, 0.1) is 6.10 Å². The predicted octanol–water partition coefficient (Wildman–Crippen LogP) is 2.72. The number of esters is 1. The van der Waals surface area contributed by atoms with Crippen LogP contribution in [0, 0.1) is 0 Å². The molecule has 0 fully saturated rings. The Balaban J connectivity index is 2.67. The smallest absolute Gasteiger partial charge is 0.302 e. The third-order valence-electron chi connectivity index (χ3n) is 2.05. The monoisotopic (exact) mass is 222 g/mol.